The van der Waals surface area contributed by atoms with Crippen LogP contribution in [0, 0.1) is 0 Å². The summed E-state index contributed by atoms with van der Waals surface area (Å²) in [6.45, 7) is 2.21. The molecule has 2 rings (SSSR count). The number of thiazole rings is 1. The first-order chi connectivity index (χ1) is 9.61. The zero-order chi connectivity index (χ0) is 14.4. The first kappa shape index (κ1) is 15.1. The summed E-state index contributed by atoms with van der Waals surface area (Å²) >= 11 is 1.49. The third-order valence-electron chi connectivity index (χ3n) is 2.70. The molecule has 2 aromatic rings. The summed E-state index contributed by atoms with van der Waals surface area (Å²) < 4.78 is 26.0. The van der Waals surface area contributed by atoms with Gasteiger partial charge in [0.2, 0.25) is 10.0 Å². The fraction of sp³-hybridized carbons (Fsp3) is 0.385. The second kappa shape index (κ2) is 6.92. The molecule has 0 radical (unpaired) electrons. The van der Waals surface area contributed by atoms with Gasteiger partial charge in [0.05, 0.1) is 18.0 Å². The van der Waals surface area contributed by atoms with E-state index < -0.39 is 10.0 Å². The first-order valence-electron chi connectivity index (χ1n) is 6.43. The largest absolute Gasteiger partial charge is 0.264 e. The molecule has 108 valence electrons. The van der Waals surface area contributed by atoms with Crippen LogP contribution in [0.5, 0.6) is 0 Å². The van der Waals surface area contributed by atoms with Gasteiger partial charge in [0, 0.05) is 23.3 Å². The molecule has 0 aliphatic carbocycles. The summed E-state index contributed by atoms with van der Waals surface area (Å²) in [7, 11) is -3.20. The number of sulfonamides is 1. The number of hydrogen-bond donors (Lipinski definition) is 1. The van der Waals surface area contributed by atoms with Crippen molar-refractivity contribution in [1.29, 1.82) is 0 Å². The molecule has 0 saturated carbocycles. The highest BCUT2D eigenvalue weighted by Gasteiger charge is 2.11. The molecule has 0 aliphatic heterocycles. The second-order valence-electron chi connectivity index (χ2n) is 4.38. The number of unbranched alkanes of at least 4 members (excludes halogenated alkanes) is 1. The Morgan fingerprint density at radius 3 is 2.95 bits per heavy atom. The van der Waals surface area contributed by atoms with Crippen molar-refractivity contribution in [2.24, 2.45) is 0 Å². The van der Waals surface area contributed by atoms with E-state index in [2.05, 4.69) is 14.7 Å². The van der Waals surface area contributed by atoms with E-state index in [0.29, 0.717) is 6.42 Å². The monoisotopic (exact) mass is 311 g/mol. The van der Waals surface area contributed by atoms with Crippen molar-refractivity contribution in [3.05, 3.63) is 35.6 Å². The highest BCUT2D eigenvalue weighted by molar-refractivity contribution is 7.89. The minimum atomic E-state index is -3.20. The Balaban J connectivity index is 1.97. The van der Waals surface area contributed by atoms with Crippen molar-refractivity contribution in [2.75, 3.05) is 5.75 Å². The molecule has 0 aromatic carbocycles. The van der Waals surface area contributed by atoms with Crippen molar-refractivity contribution in [3.63, 3.8) is 0 Å². The zero-order valence-corrected chi connectivity index (χ0v) is 12.9. The lowest BCUT2D eigenvalue weighted by Gasteiger charge is -2.03. The minimum Gasteiger partial charge on any atom is -0.264 e. The van der Waals surface area contributed by atoms with Gasteiger partial charge in [0.15, 0.2) is 0 Å². The van der Waals surface area contributed by atoms with Gasteiger partial charge < -0.3 is 0 Å². The van der Waals surface area contributed by atoms with Crippen LogP contribution < -0.4 is 4.72 Å². The van der Waals surface area contributed by atoms with Crippen LogP contribution in [0.15, 0.2) is 29.9 Å². The number of nitrogens with one attached hydrogen (secondary N) is 1. The Morgan fingerprint density at radius 1 is 1.40 bits per heavy atom. The summed E-state index contributed by atoms with van der Waals surface area (Å²) in [6, 6.07) is 3.78. The van der Waals surface area contributed by atoms with E-state index >= 15 is 0 Å². The van der Waals surface area contributed by atoms with Gasteiger partial charge >= 0.3 is 0 Å². The molecule has 5 nitrogen and oxygen atoms in total. The Hall–Kier alpha value is -1.31. The summed E-state index contributed by atoms with van der Waals surface area (Å²) in [5.41, 5.74) is 1.67. The van der Waals surface area contributed by atoms with Gasteiger partial charge in [-0.2, -0.15) is 0 Å². The summed E-state index contributed by atoms with van der Waals surface area (Å²) in [6.07, 6.45) is 4.99. The smallest absolute Gasteiger partial charge is 0.211 e. The molecule has 2 aromatic heterocycles. The van der Waals surface area contributed by atoms with E-state index in [9.17, 15) is 8.42 Å². The maximum atomic E-state index is 11.7. The van der Waals surface area contributed by atoms with Gasteiger partial charge in [-0.05, 0) is 18.6 Å². The molecule has 0 atom stereocenters. The van der Waals surface area contributed by atoms with Crippen molar-refractivity contribution in [1.82, 2.24) is 14.7 Å². The summed E-state index contributed by atoms with van der Waals surface area (Å²) in [4.78, 5) is 8.46. The third kappa shape index (κ3) is 4.36. The molecule has 20 heavy (non-hydrogen) atoms. The van der Waals surface area contributed by atoms with Crippen molar-refractivity contribution < 1.29 is 8.42 Å². The fourth-order valence-corrected chi connectivity index (χ4v) is 3.59. The van der Waals surface area contributed by atoms with Gasteiger partial charge in [-0.1, -0.05) is 13.3 Å². The van der Waals surface area contributed by atoms with Crippen LogP contribution in [-0.4, -0.2) is 24.1 Å². The number of nitrogens with zero attached hydrogens (tertiary/aromatic N) is 2. The van der Waals surface area contributed by atoms with Crippen LogP contribution in [-0.2, 0) is 16.6 Å². The molecule has 7 heteroatoms. The predicted octanol–water partition coefficient (Wildman–Crippen LogP) is 2.42. The number of aromatic nitrogens is 2. The SMILES string of the molecule is CCCCS(=O)(=O)NCc1csc(-c2cccnc2)n1. The Bertz CT molecular complexity index is 639. The molecule has 2 heterocycles. The standard InChI is InChI=1S/C13H17N3O2S2/c1-2-3-7-20(17,18)15-9-12-10-19-13(16-12)11-5-4-6-14-8-11/h4-6,8,10,15H,2-3,7,9H2,1H3. The van der Waals surface area contributed by atoms with E-state index in [1.165, 1.54) is 11.3 Å². The van der Waals surface area contributed by atoms with Crippen LogP contribution in [0.2, 0.25) is 0 Å². The molecule has 0 amide bonds. The minimum absolute atomic E-state index is 0.170. The van der Waals surface area contributed by atoms with Crippen LogP contribution in [0.25, 0.3) is 10.6 Å². The van der Waals surface area contributed by atoms with Crippen LogP contribution in [0.1, 0.15) is 25.5 Å². The van der Waals surface area contributed by atoms with E-state index in [1.54, 1.807) is 12.4 Å². The van der Waals surface area contributed by atoms with Crippen molar-refractivity contribution in [2.45, 2.75) is 26.3 Å². The summed E-state index contributed by atoms with van der Waals surface area (Å²) in [5.74, 6) is 0.170. The van der Waals surface area contributed by atoms with Gasteiger partial charge in [0.25, 0.3) is 0 Å². The highest BCUT2D eigenvalue weighted by atomic mass is 32.2. The van der Waals surface area contributed by atoms with Gasteiger partial charge in [-0.15, -0.1) is 11.3 Å². The van der Waals surface area contributed by atoms with E-state index in [0.717, 1.165) is 22.7 Å². The Labute approximate surface area is 123 Å². The van der Waals surface area contributed by atoms with Gasteiger partial charge in [-0.25, -0.2) is 18.1 Å². The van der Waals surface area contributed by atoms with Crippen LogP contribution in [0.4, 0.5) is 0 Å². The lowest BCUT2D eigenvalue weighted by Crippen LogP contribution is -2.26. The maximum absolute atomic E-state index is 11.7. The highest BCUT2D eigenvalue weighted by Crippen LogP contribution is 2.22. The molecule has 0 fully saturated rings. The molecular formula is C13H17N3O2S2. The number of pyridine rings is 1. The summed E-state index contributed by atoms with van der Waals surface area (Å²) in [5, 5.41) is 2.71. The van der Waals surface area contributed by atoms with Gasteiger partial charge in [0.1, 0.15) is 5.01 Å². The topological polar surface area (TPSA) is 72.0 Å². The predicted molar refractivity (Wildman–Crippen MR) is 80.9 cm³/mol. The zero-order valence-electron chi connectivity index (χ0n) is 11.2. The molecule has 0 spiro atoms. The van der Waals surface area contributed by atoms with Crippen molar-refractivity contribution in [3.8, 4) is 10.6 Å². The lowest BCUT2D eigenvalue weighted by molar-refractivity contribution is 0.577. The molecule has 0 unspecified atom stereocenters. The normalized spacial score (nSPS) is 11.7. The molecule has 0 saturated heterocycles. The molecule has 1 N–H and O–H groups in total. The average Bonchev–Trinajstić information content (AvgIpc) is 2.93. The first-order valence-corrected chi connectivity index (χ1v) is 8.96. The van der Waals surface area contributed by atoms with E-state index in [-0.39, 0.29) is 12.3 Å². The maximum Gasteiger partial charge on any atom is 0.211 e. The van der Waals surface area contributed by atoms with Crippen LogP contribution in [0.3, 0.4) is 0 Å². The van der Waals surface area contributed by atoms with Crippen molar-refractivity contribution >= 4 is 21.4 Å². The fourth-order valence-electron chi connectivity index (χ4n) is 1.60. The number of rotatable bonds is 7. The van der Waals surface area contributed by atoms with Crippen LogP contribution >= 0.6 is 11.3 Å². The van der Waals surface area contributed by atoms with E-state index in [1.807, 2.05) is 24.4 Å². The number of hydrogen-bond acceptors (Lipinski definition) is 5. The molecule has 0 aliphatic rings. The third-order valence-corrected chi connectivity index (χ3v) is 5.05. The molecular weight excluding hydrogens is 294 g/mol. The molecule has 0 bridgehead atoms. The average molecular weight is 311 g/mol. The lowest BCUT2D eigenvalue weighted by atomic mass is 10.3. The Kier molecular flexibility index (Phi) is 5.22. The van der Waals surface area contributed by atoms with E-state index in [4.69, 9.17) is 0 Å². The quantitative estimate of drug-likeness (QED) is 0.852. The second-order valence-corrected chi connectivity index (χ2v) is 7.16. The Morgan fingerprint density at radius 2 is 2.25 bits per heavy atom. The van der Waals surface area contributed by atoms with Gasteiger partial charge in [-0.3, -0.25) is 4.98 Å².